The van der Waals surface area contributed by atoms with Crippen molar-refractivity contribution < 1.29 is 8.42 Å². The Morgan fingerprint density at radius 3 is 2.94 bits per heavy atom. The van der Waals surface area contributed by atoms with Crippen LogP contribution in [0.3, 0.4) is 0 Å². The number of nitrogens with zero attached hydrogens (tertiary/aromatic N) is 2. The maximum absolute atomic E-state index is 12.0. The van der Waals surface area contributed by atoms with Gasteiger partial charge in [-0.05, 0) is 31.7 Å². The first kappa shape index (κ1) is 12.5. The van der Waals surface area contributed by atoms with Crippen molar-refractivity contribution in [2.45, 2.75) is 37.4 Å². The number of hydrogen-bond acceptors (Lipinski definition) is 4. The van der Waals surface area contributed by atoms with Gasteiger partial charge >= 0.3 is 0 Å². The minimum atomic E-state index is -3.49. The second kappa shape index (κ2) is 4.75. The van der Waals surface area contributed by atoms with Gasteiger partial charge in [-0.2, -0.15) is 5.10 Å². The van der Waals surface area contributed by atoms with Crippen LogP contribution in [-0.4, -0.2) is 30.8 Å². The fourth-order valence-corrected chi connectivity index (χ4v) is 3.01. The Kier molecular flexibility index (Phi) is 3.50. The van der Waals surface area contributed by atoms with Crippen LogP contribution in [0.25, 0.3) is 0 Å². The molecule has 1 heterocycles. The van der Waals surface area contributed by atoms with Crippen molar-refractivity contribution in [2.75, 3.05) is 6.54 Å². The summed E-state index contributed by atoms with van der Waals surface area (Å²) in [5, 5.41) is 4.14. The molecule has 0 aliphatic heterocycles. The lowest BCUT2D eigenvalue weighted by Crippen LogP contribution is -2.39. The Labute approximate surface area is 101 Å². The topological polar surface area (TPSA) is 90.0 Å². The summed E-state index contributed by atoms with van der Waals surface area (Å²) in [5.74, 6) is 0.480. The number of aromatic nitrogens is 2. The van der Waals surface area contributed by atoms with Gasteiger partial charge in [0.2, 0.25) is 0 Å². The molecule has 1 aliphatic carbocycles. The first-order valence-electron chi connectivity index (χ1n) is 5.81. The van der Waals surface area contributed by atoms with Crippen molar-refractivity contribution in [1.29, 1.82) is 0 Å². The van der Waals surface area contributed by atoms with Gasteiger partial charge < -0.3 is 5.73 Å². The second-order valence-corrected chi connectivity index (χ2v) is 6.05. The zero-order valence-electron chi connectivity index (χ0n) is 9.83. The molecule has 3 N–H and O–H groups in total. The zero-order valence-corrected chi connectivity index (χ0v) is 10.7. The van der Waals surface area contributed by atoms with E-state index >= 15 is 0 Å². The van der Waals surface area contributed by atoms with E-state index in [-0.39, 0.29) is 11.1 Å². The van der Waals surface area contributed by atoms with Crippen molar-refractivity contribution >= 4 is 10.0 Å². The van der Waals surface area contributed by atoms with E-state index in [1.165, 1.54) is 16.9 Å². The summed E-state index contributed by atoms with van der Waals surface area (Å²) in [7, 11) is -3.49. The molecule has 1 aliphatic rings. The van der Waals surface area contributed by atoms with Gasteiger partial charge in [0, 0.05) is 19.1 Å². The molecule has 1 atom stereocenters. The fourth-order valence-electron chi connectivity index (χ4n) is 1.76. The SMILES string of the molecule is CCn1nccc1S(=O)(=O)NCC(N)C1CC1. The standard InChI is InChI=1S/C10H18N4O2S/c1-2-14-10(5-6-12-14)17(15,16)13-7-9(11)8-3-4-8/h5-6,8-9,13H,2-4,7,11H2,1H3. The molecule has 7 heteroatoms. The number of aryl methyl sites for hydroxylation is 1. The number of nitrogens with two attached hydrogens (primary N) is 1. The minimum Gasteiger partial charge on any atom is -0.326 e. The highest BCUT2D eigenvalue weighted by Crippen LogP contribution is 2.31. The number of nitrogens with one attached hydrogen (secondary N) is 1. The van der Waals surface area contributed by atoms with E-state index in [2.05, 4.69) is 9.82 Å². The quantitative estimate of drug-likeness (QED) is 0.746. The van der Waals surface area contributed by atoms with E-state index in [0.717, 1.165) is 12.8 Å². The van der Waals surface area contributed by atoms with Crippen molar-refractivity contribution in [3.63, 3.8) is 0 Å². The van der Waals surface area contributed by atoms with Crippen LogP contribution < -0.4 is 10.5 Å². The van der Waals surface area contributed by atoms with Crippen LogP contribution >= 0.6 is 0 Å². The predicted octanol–water partition coefficient (Wildman–Crippen LogP) is -0.0814. The van der Waals surface area contributed by atoms with Crippen LogP contribution in [0.5, 0.6) is 0 Å². The van der Waals surface area contributed by atoms with E-state index in [4.69, 9.17) is 5.73 Å². The van der Waals surface area contributed by atoms with E-state index < -0.39 is 10.0 Å². The molecule has 6 nitrogen and oxygen atoms in total. The Balaban J connectivity index is 2.03. The molecular weight excluding hydrogens is 240 g/mol. The highest BCUT2D eigenvalue weighted by Gasteiger charge is 2.29. The third kappa shape index (κ3) is 2.85. The Bertz CT molecular complexity index is 478. The summed E-state index contributed by atoms with van der Waals surface area (Å²) in [5.41, 5.74) is 5.86. The second-order valence-electron chi connectivity index (χ2n) is 4.34. The lowest BCUT2D eigenvalue weighted by Gasteiger charge is -2.12. The molecule has 1 aromatic rings. The fraction of sp³-hybridized carbons (Fsp3) is 0.700. The van der Waals surface area contributed by atoms with Crippen LogP contribution in [0.15, 0.2) is 17.3 Å². The van der Waals surface area contributed by atoms with Crippen molar-refractivity contribution in [3.05, 3.63) is 12.3 Å². The molecule has 0 spiro atoms. The Morgan fingerprint density at radius 1 is 1.65 bits per heavy atom. The molecule has 1 saturated carbocycles. The largest absolute Gasteiger partial charge is 0.326 e. The van der Waals surface area contributed by atoms with Gasteiger partial charge in [-0.25, -0.2) is 13.1 Å². The average molecular weight is 258 g/mol. The van der Waals surface area contributed by atoms with E-state index in [9.17, 15) is 8.42 Å². The van der Waals surface area contributed by atoms with Gasteiger partial charge in [0.25, 0.3) is 10.0 Å². The third-order valence-electron chi connectivity index (χ3n) is 2.99. The lowest BCUT2D eigenvalue weighted by atomic mass is 10.2. The van der Waals surface area contributed by atoms with Gasteiger partial charge in [-0.3, -0.25) is 4.68 Å². The summed E-state index contributed by atoms with van der Waals surface area (Å²) in [4.78, 5) is 0. The molecule has 0 radical (unpaired) electrons. The number of sulfonamides is 1. The molecule has 0 aromatic carbocycles. The van der Waals surface area contributed by atoms with Gasteiger partial charge in [0.05, 0.1) is 6.20 Å². The molecule has 1 fully saturated rings. The van der Waals surface area contributed by atoms with Gasteiger partial charge in [0.15, 0.2) is 5.03 Å². The first-order valence-corrected chi connectivity index (χ1v) is 7.30. The highest BCUT2D eigenvalue weighted by atomic mass is 32.2. The van der Waals surface area contributed by atoms with Crippen molar-refractivity contribution in [1.82, 2.24) is 14.5 Å². The number of hydrogen-bond donors (Lipinski definition) is 2. The third-order valence-corrected chi connectivity index (χ3v) is 4.43. The van der Waals surface area contributed by atoms with Gasteiger partial charge in [-0.15, -0.1) is 0 Å². The summed E-state index contributed by atoms with van der Waals surface area (Å²) in [6, 6.07) is 1.41. The van der Waals surface area contributed by atoms with Crippen LogP contribution in [0.2, 0.25) is 0 Å². The van der Waals surface area contributed by atoms with Crippen molar-refractivity contribution in [3.8, 4) is 0 Å². The normalized spacial score (nSPS) is 18.2. The molecule has 0 amide bonds. The summed E-state index contributed by atoms with van der Waals surface area (Å²) < 4.78 is 28.0. The molecule has 0 saturated heterocycles. The maximum Gasteiger partial charge on any atom is 0.257 e. The smallest absolute Gasteiger partial charge is 0.257 e. The van der Waals surface area contributed by atoms with Crippen LogP contribution in [0.1, 0.15) is 19.8 Å². The summed E-state index contributed by atoms with van der Waals surface area (Å²) in [6.45, 7) is 2.67. The van der Waals surface area contributed by atoms with E-state index in [1.54, 1.807) is 0 Å². The maximum atomic E-state index is 12.0. The average Bonchev–Trinajstić information content (AvgIpc) is 3.03. The number of rotatable bonds is 6. The molecule has 17 heavy (non-hydrogen) atoms. The molecule has 96 valence electrons. The van der Waals surface area contributed by atoms with E-state index in [1.807, 2.05) is 6.92 Å². The zero-order chi connectivity index (χ0) is 12.5. The van der Waals surface area contributed by atoms with Crippen molar-refractivity contribution in [2.24, 2.45) is 11.7 Å². The molecule has 1 unspecified atom stereocenters. The Morgan fingerprint density at radius 2 is 2.35 bits per heavy atom. The van der Waals surface area contributed by atoms with E-state index in [0.29, 0.717) is 19.0 Å². The van der Waals surface area contributed by atoms with Crippen LogP contribution in [0.4, 0.5) is 0 Å². The highest BCUT2D eigenvalue weighted by molar-refractivity contribution is 7.89. The minimum absolute atomic E-state index is 0.0808. The molecule has 2 rings (SSSR count). The summed E-state index contributed by atoms with van der Waals surface area (Å²) in [6.07, 6.45) is 3.70. The Hall–Kier alpha value is -0.920. The molecule has 0 bridgehead atoms. The lowest BCUT2D eigenvalue weighted by molar-refractivity contribution is 0.526. The van der Waals surface area contributed by atoms with Gasteiger partial charge in [-0.1, -0.05) is 0 Å². The monoisotopic (exact) mass is 258 g/mol. The predicted molar refractivity (Wildman–Crippen MR) is 63.8 cm³/mol. The van der Waals surface area contributed by atoms with Crippen LogP contribution in [-0.2, 0) is 16.6 Å². The van der Waals surface area contributed by atoms with Gasteiger partial charge in [0.1, 0.15) is 0 Å². The molecule has 1 aromatic heterocycles. The molecular formula is C10H18N4O2S. The summed E-state index contributed by atoms with van der Waals surface area (Å²) >= 11 is 0. The first-order chi connectivity index (χ1) is 8.04. The van der Waals surface area contributed by atoms with Crippen LogP contribution in [0, 0.1) is 5.92 Å².